The number of rotatable bonds is 2. The Bertz CT molecular complexity index is 831. The van der Waals surface area contributed by atoms with E-state index in [1.165, 1.54) is 20.6 Å². The number of hydrogen-bond donors (Lipinski definition) is 0. The fraction of sp³-hybridized carbons (Fsp3) is 0.294. The van der Waals surface area contributed by atoms with Crippen LogP contribution in [0, 0.1) is 0 Å². The summed E-state index contributed by atoms with van der Waals surface area (Å²) in [5, 5.41) is 1.21. The van der Waals surface area contributed by atoms with Crippen LogP contribution >= 0.6 is 11.3 Å². The van der Waals surface area contributed by atoms with E-state index < -0.39 is 0 Å². The Kier molecular flexibility index (Phi) is 3.64. The van der Waals surface area contributed by atoms with Gasteiger partial charge in [-0.15, -0.1) is 11.3 Å². The van der Waals surface area contributed by atoms with Crippen LogP contribution in [-0.2, 0) is 0 Å². The predicted octanol–water partition coefficient (Wildman–Crippen LogP) is 2.89. The van der Waals surface area contributed by atoms with Gasteiger partial charge < -0.3 is 4.90 Å². The van der Waals surface area contributed by atoms with Crippen molar-refractivity contribution in [1.82, 2.24) is 9.56 Å². The molecule has 0 N–H and O–H groups in total. The zero-order chi connectivity index (χ0) is 15.0. The highest BCUT2D eigenvalue weighted by Crippen LogP contribution is 2.31. The predicted molar refractivity (Wildman–Crippen MR) is 92.3 cm³/mol. The summed E-state index contributed by atoms with van der Waals surface area (Å²) < 4.78 is 3.36. The van der Waals surface area contributed by atoms with Crippen molar-refractivity contribution >= 4 is 27.2 Å². The van der Waals surface area contributed by atoms with Gasteiger partial charge in [0.2, 0.25) is 5.36 Å². The summed E-state index contributed by atoms with van der Waals surface area (Å²) in [6.07, 6.45) is 0. The zero-order valence-electron chi connectivity index (χ0n) is 12.9. The third kappa shape index (κ3) is 2.63. The molecule has 0 saturated heterocycles. The van der Waals surface area contributed by atoms with Gasteiger partial charge in [-0.2, -0.15) is 0 Å². The van der Waals surface area contributed by atoms with E-state index >= 15 is 0 Å². The highest BCUT2D eigenvalue weighted by Gasteiger charge is 2.09. The van der Waals surface area contributed by atoms with Gasteiger partial charge >= 0.3 is 0 Å². The van der Waals surface area contributed by atoms with Crippen LogP contribution in [0.3, 0.4) is 0 Å². The maximum Gasteiger partial charge on any atom is 0.201 e. The molecule has 3 nitrogen and oxygen atoms in total. The minimum absolute atomic E-state index is 1.00. The Morgan fingerprint density at radius 2 is 1.95 bits per heavy atom. The molecule has 0 aromatic heterocycles. The quantitative estimate of drug-likeness (QED) is 0.535. The van der Waals surface area contributed by atoms with Crippen molar-refractivity contribution in [2.45, 2.75) is 6.92 Å². The van der Waals surface area contributed by atoms with Crippen LogP contribution in [0.4, 0.5) is 5.69 Å². The second kappa shape index (κ2) is 5.45. The smallest absolute Gasteiger partial charge is 0.201 e. The molecule has 1 aromatic rings. The third-order valence-electron chi connectivity index (χ3n) is 3.78. The Hall–Kier alpha value is -1.94. The molecule has 1 aliphatic carbocycles. The lowest BCUT2D eigenvalue weighted by molar-refractivity contribution is 0.814. The average Bonchev–Trinajstić information content (AvgIpc) is 2.50. The highest BCUT2D eigenvalue weighted by molar-refractivity contribution is 7.21. The lowest BCUT2D eigenvalue weighted by atomic mass is 10.2. The van der Waals surface area contributed by atoms with Crippen molar-refractivity contribution in [3.63, 3.8) is 0 Å². The van der Waals surface area contributed by atoms with Crippen LogP contribution < -0.4 is 14.8 Å². The lowest BCUT2D eigenvalue weighted by Gasteiger charge is -2.17. The van der Waals surface area contributed by atoms with E-state index in [0.29, 0.717) is 0 Å². The molecule has 0 unspecified atom stereocenters. The van der Waals surface area contributed by atoms with Crippen molar-refractivity contribution < 1.29 is 0 Å². The monoisotopic (exact) mass is 298 g/mol. The molecule has 4 heteroatoms. The molecule has 3 rings (SSSR count). The van der Waals surface area contributed by atoms with Crippen molar-refractivity contribution in [2.75, 3.05) is 32.6 Å². The Morgan fingerprint density at radius 3 is 2.67 bits per heavy atom. The topological polar surface area (TPSA) is 19.1 Å². The number of nitrogens with zero attached hydrogens (tertiary/aromatic N) is 3. The molecular formula is C17H20N3S+. The second-order valence-corrected chi connectivity index (χ2v) is 6.51. The lowest BCUT2D eigenvalue weighted by Crippen LogP contribution is -2.21. The summed E-state index contributed by atoms with van der Waals surface area (Å²) >= 11 is 1.81. The minimum Gasteiger partial charge on any atom is -0.375 e. The maximum atomic E-state index is 4.78. The van der Waals surface area contributed by atoms with E-state index in [1.807, 2.05) is 11.3 Å². The molecule has 0 fully saturated rings. The highest BCUT2D eigenvalue weighted by atomic mass is 32.1. The van der Waals surface area contributed by atoms with Crippen molar-refractivity contribution in [2.24, 2.45) is 0 Å². The van der Waals surface area contributed by atoms with Gasteiger partial charge in [-0.25, -0.2) is 9.56 Å². The average molecular weight is 298 g/mol. The summed E-state index contributed by atoms with van der Waals surface area (Å²) in [7, 11) is 6.24. The van der Waals surface area contributed by atoms with Gasteiger partial charge in [-0.1, -0.05) is 0 Å². The fourth-order valence-corrected chi connectivity index (χ4v) is 3.33. The Labute approximate surface area is 129 Å². The molecule has 0 amide bonds. The van der Waals surface area contributed by atoms with Crippen molar-refractivity contribution in [1.29, 1.82) is 0 Å². The first-order valence-corrected chi connectivity index (χ1v) is 7.96. The fourth-order valence-electron chi connectivity index (χ4n) is 2.30. The number of benzene rings is 2. The SMILES string of the molecule is CCN(C)c1ccc2nc3ccc(=[N+](C)C)cc-3sc2c1. The van der Waals surface area contributed by atoms with Crippen LogP contribution in [-0.4, -0.2) is 32.7 Å². The first-order valence-electron chi connectivity index (χ1n) is 7.14. The van der Waals surface area contributed by atoms with E-state index in [0.717, 1.165) is 17.8 Å². The molecule has 108 valence electrons. The molecule has 0 saturated carbocycles. The summed E-state index contributed by atoms with van der Waals surface area (Å²) in [5.41, 5.74) is 3.37. The van der Waals surface area contributed by atoms with Crippen LogP contribution in [0.25, 0.3) is 20.8 Å². The van der Waals surface area contributed by atoms with Crippen LogP contribution in [0.5, 0.6) is 0 Å². The molecule has 21 heavy (non-hydrogen) atoms. The molecule has 0 bridgehead atoms. The first kappa shape index (κ1) is 14.0. The van der Waals surface area contributed by atoms with E-state index in [4.69, 9.17) is 4.98 Å². The Morgan fingerprint density at radius 1 is 1.14 bits per heavy atom. The molecule has 1 heterocycles. The molecule has 0 atom stereocenters. The van der Waals surface area contributed by atoms with Gasteiger partial charge in [-0.3, -0.25) is 0 Å². The largest absolute Gasteiger partial charge is 0.375 e. The molecule has 0 radical (unpaired) electrons. The standard InChI is InChI=1S/C17H20N3S/c1-5-20(4)13-7-9-15-17(11-13)21-16-10-12(19(2)3)6-8-14(16)18-15/h6-11H,5H2,1-4H3/q+1. The summed E-state index contributed by atoms with van der Waals surface area (Å²) in [4.78, 5) is 8.25. The molecule has 2 aliphatic rings. The molecule has 1 aliphatic heterocycles. The number of fused-ring (bicyclic) bond motifs is 2. The zero-order valence-corrected chi connectivity index (χ0v) is 13.7. The van der Waals surface area contributed by atoms with Crippen LogP contribution in [0.15, 0.2) is 36.4 Å². The van der Waals surface area contributed by atoms with Gasteiger partial charge in [0.25, 0.3) is 0 Å². The number of hydrogen-bond acceptors (Lipinski definition) is 3. The summed E-state index contributed by atoms with van der Waals surface area (Å²) in [5.74, 6) is 0. The Balaban J connectivity index is 2.25. The van der Waals surface area contributed by atoms with Gasteiger partial charge in [0.15, 0.2) is 0 Å². The van der Waals surface area contributed by atoms with Gasteiger partial charge in [0.05, 0.1) is 20.8 Å². The number of anilines is 1. The normalized spacial score (nSPS) is 11.0. The maximum absolute atomic E-state index is 4.78. The third-order valence-corrected chi connectivity index (χ3v) is 4.87. The van der Waals surface area contributed by atoms with E-state index in [1.54, 1.807) is 0 Å². The summed E-state index contributed by atoms with van der Waals surface area (Å²) in [6.45, 7) is 3.16. The van der Waals surface area contributed by atoms with Crippen LogP contribution in [0.1, 0.15) is 6.92 Å². The van der Waals surface area contributed by atoms with E-state index in [-0.39, 0.29) is 0 Å². The molecule has 1 aromatic carbocycles. The second-order valence-electron chi connectivity index (χ2n) is 5.43. The van der Waals surface area contributed by atoms with Crippen molar-refractivity contribution in [3.8, 4) is 10.6 Å². The van der Waals surface area contributed by atoms with Crippen molar-refractivity contribution in [3.05, 3.63) is 41.8 Å². The molecular weight excluding hydrogens is 278 g/mol. The summed E-state index contributed by atoms with van der Waals surface area (Å²) in [6, 6.07) is 12.9. The van der Waals surface area contributed by atoms with E-state index in [2.05, 4.69) is 73.9 Å². The van der Waals surface area contributed by atoms with Gasteiger partial charge in [0, 0.05) is 31.4 Å². The van der Waals surface area contributed by atoms with Gasteiger partial charge in [-0.05, 0) is 31.2 Å². The van der Waals surface area contributed by atoms with E-state index in [9.17, 15) is 0 Å². The van der Waals surface area contributed by atoms with Gasteiger partial charge in [0.1, 0.15) is 14.1 Å². The minimum atomic E-state index is 1.00. The first-order chi connectivity index (χ1) is 10.1. The molecule has 0 spiro atoms. The van der Waals surface area contributed by atoms with Crippen LogP contribution in [0.2, 0.25) is 0 Å². The number of aromatic nitrogens is 1.